The molecule has 0 spiro atoms. The Hall–Kier alpha value is -1.10. The van der Waals surface area contributed by atoms with Crippen molar-refractivity contribution in [2.45, 2.75) is 23.9 Å². The van der Waals surface area contributed by atoms with Crippen LogP contribution in [0.25, 0.3) is 0 Å². The zero-order valence-electron chi connectivity index (χ0n) is 10.9. The topological polar surface area (TPSA) is 38.8 Å². The van der Waals surface area contributed by atoms with E-state index in [-0.39, 0.29) is 12.0 Å². The number of methoxy groups -OCH3 is 1. The maximum absolute atomic E-state index is 12.3. The van der Waals surface area contributed by atoms with Gasteiger partial charge in [0.2, 0.25) is 0 Å². The summed E-state index contributed by atoms with van der Waals surface area (Å²) < 4.78 is 4.99. The summed E-state index contributed by atoms with van der Waals surface area (Å²) in [6.45, 7) is 0. The van der Waals surface area contributed by atoms with Crippen molar-refractivity contribution in [1.82, 2.24) is 5.06 Å². The average molecular weight is 282 g/mol. The van der Waals surface area contributed by atoms with Gasteiger partial charge in [0.25, 0.3) is 0 Å². The van der Waals surface area contributed by atoms with E-state index in [9.17, 15) is 4.79 Å². The van der Waals surface area contributed by atoms with Crippen LogP contribution in [-0.4, -0.2) is 30.3 Å². The molecule has 0 amide bonds. The number of nitrogens with zero attached hydrogens (tertiary/aromatic N) is 1. The molecule has 1 aromatic carbocycles. The number of ether oxygens (including phenoxy) is 1. The van der Waals surface area contributed by atoms with Gasteiger partial charge >= 0.3 is 5.97 Å². The zero-order valence-corrected chi connectivity index (χ0v) is 11.7. The molecule has 1 saturated heterocycles. The molecule has 0 aromatic heterocycles. The number of carbonyl (C=O) groups is 1. The van der Waals surface area contributed by atoms with E-state index in [4.69, 9.17) is 21.2 Å². The fourth-order valence-electron chi connectivity index (χ4n) is 3.33. The Kier molecular flexibility index (Phi) is 2.85. The molecule has 102 valence electrons. The van der Waals surface area contributed by atoms with E-state index in [1.165, 1.54) is 7.11 Å². The lowest BCUT2D eigenvalue weighted by atomic mass is 9.60. The molecule has 1 aliphatic heterocycles. The largest absolute Gasteiger partial charge is 0.468 e. The summed E-state index contributed by atoms with van der Waals surface area (Å²) in [5, 5.41) is 0.710. The van der Waals surface area contributed by atoms with Crippen LogP contribution in [0.4, 0.5) is 0 Å². The Balaban J connectivity index is 2.09. The molecule has 1 saturated carbocycles. The average Bonchev–Trinajstić information content (AvgIpc) is 2.57. The van der Waals surface area contributed by atoms with Crippen LogP contribution in [0.15, 0.2) is 30.3 Å². The number of carbonyl (C=O) groups excluding carboxylic acids is 1. The monoisotopic (exact) mass is 281 g/mol. The number of rotatable bonds is 2. The lowest BCUT2D eigenvalue weighted by Crippen LogP contribution is -2.57. The standard InChI is InChI=1S/C14H16ClNO3/c1-16-11(10-6-4-3-5-7-10)13(12(17)18-2)8-9-14(13,15)19-16/h3-7,11H,8-9H2,1-2H3/t11-,13-,14-/m1/s1. The van der Waals surface area contributed by atoms with Gasteiger partial charge in [0.1, 0.15) is 5.41 Å². The number of fused-ring (bicyclic) bond motifs is 1. The molecule has 5 heteroatoms. The summed E-state index contributed by atoms with van der Waals surface area (Å²) in [6, 6.07) is 9.58. The van der Waals surface area contributed by atoms with Crippen molar-refractivity contribution in [3.05, 3.63) is 35.9 Å². The minimum Gasteiger partial charge on any atom is -0.468 e. The normalized spacial score (nSPS) is 37.5. The van der Waals surface area contributed by atoms with Gasteiger partial charge in [-0.2, -0.15) is 5.06 Å². The highest BCUT2D eigenvalue weighted by molar-refractivity contribution is 6.26. The minimum atomic E-state index is -0.977. The second kappa shape index (κ2) is 4.20. The van der Waals surface area contributed by atoms with Gasteiger partial charge < -0.3 is 4.74 Å². The van der Waals surface area contributed by atoms with Crippen molar-refractivity contribution < 1.29 is 14.4 Å². The summed E-state index contributed by atoms with van der Waals surface area (Å²) in [7, 11) is 3.21. The summed E-state index contributed by atoms with van der Waals surface area (Å²) in [5.74, 6) is -0.299. The lowest BCUT2D eigenvalue weighted by molar-refractivity contribution is -0.193. The molecule has 3 atom stereocenters. The number of hydrogen-bond donors (Lipinski definition) is 0. The molecule has 19 heavy (non-hydrogen) atoms. The molecule has 1 aliphatic carbocycles. The van der Waals surface area contributed by atoms with Crippen molar-refractivity contribution >= 4 is 17.6 Å². The maximum atomic E-state index is 12.3. The number of alkyl halides is 1. The quantitative estimate of drug-likeness (QED) is 0.617. The number of halogens is 1. The predicted molar refractivity (Wildman–Crippen MR) is 70.3 cm³/mol. The highest BCUT2D eigenvalue weighted by Crippen LogP contribution is 2.67. The second-order valence-corrected chi connectivity index (χ2v) is 5.75. The van der Waals surface area contributed by atoms with Crippen LogP contribution in [0, 0.1) is 5.41 Å². The molecule has 0 radical (unpaired) electrons. The fraction of sp³-hybridized carbons (Fsp3) is 0.500. The smallest absolute Gasteiger partial charge is 0.318 e. The molecule has 1 heterocycles. The van der Waals surface area contributed by atoms with Crippen molar-refractivity contribution in [1.29, 1.82) is 0 Å². The van der Waals surface area contributed by atoms with Gasteiger partial charge in [-0.3, -0.25) is 9.63 Å². The number of hydroxylamine groups is 2. The van der Waals surface area contributed by atoms with Crippen LogP contribution >= 0.6 is 11.6 Å². The Bertz CT molecular complexity index is 509. The van der Waals surface area contributed by atoms with E-state index in [0.717, 1.165) is 5.56 Å². The van der Waals surface area contributed by atoms with Crippen LogP contribution in [0.3, 0.4) is 0 Å². The van der Waals surface area contributed by atoms with Gasteiger partial charge in [0.15, 0.2) is 5.06 Å². The summed E-state index contributed by atoms with van der Waals surface area (Å²) in [5.41, 5.74) is 0.192. The van der Waals surface area contributed by atoms with Crippen molar-refractivity contribution in [3.63, 3.8) is 0 Å². The Labute approximate surface area is 117 Å². The van der Waals surface area contributed by atoms with E-state index in [1.807, 2.05) is 37.4 Å². The summed E-state index contributed by atoms with van der Waals surface area (Å²) in [6.07, 6.45) is 1.32. The molecular weight excluding hydrogens is 266 g/mol. The van der Waals surface area contributed by atoms with Crippen molar-refractivity contribution in [3.8, 4) is 0 Å². The van der Waals surface area contributed by atoms with Crippen LogP contribution in [0.5, 0.6) is 0 Å². The third-order valence-corrected chi connectivity index (χ3v) is 4.89. The first-order chi connectivity index (χ1) is 9.05. The Morgan fingerprint density at radius 1 is 1.42 bits per heavy atom. The van der Waals surface area contributed by atoms with E-state index in [2.05, 4.69) is 0 Å². The number of hydrogen-bond acceptors (Lipinski definition) is 4. The Morgan fingerprint density at radius 2 is 2.11 bits per heavy atom. The molecule has 0 N–H and O–H groups in total. The Morgan fingerprint density at radius 3 is 2.63 bits per heavy atom. The van der Waals surface area contributed by atoms with E-state index in [0.29, 0.717) is 12.8 Å². The molecule has 2 fully saturated rings. The third kappa shape index (κ3) is 1.51. The first-order valence-electron chi connectivity index (χ1n) is 6.29. The molecule has 0 unspecified atom stereocenters. The maximum Gasteiger partial charge on any atom is 0.318 e. The molecule has 0 bridgehead atoms. The minimum absolute atomic E-state index is 0.215. The SMILES string of the molecule is COC(=O)[C@]12CC[C@@]1(Cl)ON(C)[C@@H]2c1ccccc1. The second-order valence-electron chi connectivity index (χ2n) is 5.14. The third-order valence-electron chi connectivity index (χ3n) is 4.29. The van der Waals surface area contributed by atoms with Crippen LogP contribution in [-0.2, 0) is 14.4 Å². The van der Waals surface area contributed by atoms with Crippen molar-refractivity contribution in [2.75, 3.05) is 14.2 Å². The highest BCUT2D eigenvalue weighted by atomic mass is 35.5. The summed E-state index contributed by atoms with van der Waals surface area (Å²) in [4.78, 5) is 18.1. The van der Waals surface area contributed by atoms with Gasteiger partial charge in [-0.15, -0.1) is 0 Å². The number of benzene rings is 1. The molecule has 3 rings (SSSR count). The molecule has 4 nitrogen and oxygen atoms in total. The first-order valence-corrected chi connectivity index (χ1v) is 6.67. The van der Waals surface area contributed by atoms with E-state index < -0.39 is 10.5 Å². The lowest BCUT2D eigenvalue weighted by Gasteiger charge is -2.48. The molecule has 2 aliphatic rings. The van der Waals surface area contributed by atoms with Crippen LogP contribution in [0.1, 0.15) is 24.4 Å². The van der Waals surface area contributed by atoms with Gasteiger partial charge in [-0.05, 0) is 18.4 Å². The zero-order chi connectivity index (χ0) is 13.7. The van der Waals surface area contributed by atoms with Crippen LogP contribution in [0.2, 0.25) is 0 Å². The van der Waals surface area contributed by atoms with E-state index in [1.54, 1.807) is 5.06 Å². The van der Waals surface area contributed by atoms with Crippen LogP contribution < -0.4 is 0 Å². The molecular formula is C14H16ClNO3. The fourth-order valence-corrected chi connectivity index (χ4v) is 3.81. The van der Waals surface area contributed by atoms with E-state index >= 15 is 0 Å². The highest BCUT2D eigenvalue weighted by Gasteiger charge is 2.75. The van der Waals surface area contributed by atoms with Gasteiger partial charge in [0.05, 0.1) is 13.2 Å². The van der Waals surface area contributed by atoms with Gasteiger partial charge in [-0.1, -0.05) is 41.9 Å². The number of esters is 1. The van der Waals surface area contributed by atoms with Gasteiger partial charge in [0, 0.05) is 7.05 Å². The molecule has 1 aromatic rings. The van der Waals surface area contributed by atoms with Gasteiger partial charge in [-0.25, -0.2) is 0 Å². The van der Waals surface area contributed by atoms with Crippen molar-refractivity contribution in [2.24, 2.45) is 5.41 Å². The summed E-state index contributed by atoms with van der Waals surface area (Å²) >= 11 is 6.51. The first kappa shape index (κ1) is 12.9. The predicted octanol–water partition coefficient (Wildman–Crippen LogP) is 2.49.